The number of hydrogen-bond donors (Lipinski definition) is 0. The van der Waals surface area contributed by atoms with Crippen molar-refractivity contribution in [3.05, 3.63) is 162 Å². The first kappa shape index (κ1) is 23.2. The summed E-state index contributed by atoms with van der Waals surface area (Å²) in [5.74, 6) is 2.27. The fourth-order valence-corrected chi connectivity index (χ4v) is 6.42. The zero-order chi connectivity index (χ0) is 27.4. The summed E-state index contributed by atoms with van der Waals surface area (Å²) in [5.41, 5.74) is 8.52. The van der Waals surface area contributed by atoms with Crippen molar-refractivity contribution in [2.24, 2.45) is 0 Å². The number of hydrogen-bond acceptors (Lipinski definition) is 5. The number of nitriles is 1. The first-order valence-corrected chi connectivity index (χ1v) is 13.5. The Bertz CT molecular complexity index is 1910. The molecule has 0 saturated carbocycles. The van der Waals surface area contributed by atoms with E-state index < -0.39 is 5.41 Å². The van der Waals surface area contributed by atoms with Gasteiger partial charge in [0, 0.05) is 28.6 Å². The van der Waals surface area contributed by atoms with Crippen molar-refractivity contribution in [1.29, 1.82) is 5.26 Å². The topological polar surface area (TPSA) is 62.0 Å². The first-order chi connectivity index (χ1) is 20.3. The van der Waals surface area contributed by atoms with Gasteiger partial charge in [-0.15, -0.1) is 0 Å². The van der Waals surface area contributed by atoms with E-state index in [1.165, 1.54) is 11.1 Å². The predicted octanol–water partition coefficient (Wildman–Crippen LogP) is 8.29. The second-order valence-electron chi connectivity index (χ2n) is 10.1. The van der Waals surface area contributed by atoms with Gasteiger partial charge in [0.2, 0.25) is 0 Å². The average molecular weight is 527 g/mol. The largest absolute Gasteiger partial charge is 0.457 e. The molecule has 0 unspecified atom stereocenters. The van der Waals surface area contributed by atoms with Crippen LogP contribution in [0.15, 0.2) is 134 Å². The summed E-state index contributed by atoms with van der Waals surface area (Å²) in [6.45, 7) is 0. The lowest BCUT2D eigenvalue weighted by Gasteiger charge is -2.48. The minimum atomic E-state index is -0.555. The summed E-state index contributed by atoms with van der Waals surface area (Å²) in [5, 5.41) is 9.28. The maximum absolute atomic E-state index is 9.28. The van der Waals surface area contributed by atoms with Gasteiger partial charge in [-0.3, -0.25) is 0 Å². The molecule has 5 heteroatoms. The van der Waals surface area contributed by atoms with Crippen LogP contribution in [0.2, 0.25) is 0 Å². The Labute approximate surface area is 237 Å². The number of anilines is 3. The van der Waals surface area contributed by atoms with E-state index in [1.807, 2.05) is 24.3 Å². The lowest BCUT2D eigenvalue weighted by molar-refractivity contribution is 0.434. The van der Waals surface area contributed by atoms with Crippen molar-refractivity contribution < 1.29 is 4.74 Å². The van der Waals surface area contributed by atoms with Crippen LogP contribution in [-0.2, 0) is 5.41 Å². The van der Waals surface area contributed by atoms with Gasteiger partial charge in [0.1, 0.15) is 23.3 Å². The third-order valence-corrected chi connectivity index (χ3v) is 8.05. The second-order valence-corrected chi connectivity index (χ2v) is 10.1. The molecule has 3 heterocycles. The summed E-state index contributed by atoms with van der Waals surface area (Å²) in [6.07, 6.45) is 1.62. The minimum Gasteiger partial charge on any atom is -0.457 e. The summed E-state index contributed by atoms with van der Waals surface area (Å²) in [6, 6.07) is 46.0. The Balaban J connectivity index is 1.38. The number of aromatic nitrogens is 2. The number of para-hydroxylation sites is 4. The molecule has 0 aliphatic carbocycles. The quantitative estimate of drug-likeness (QED) is 0.227. The van der Waals surface area contributed by atoms with Crippen LogP contribution >= 0.6 is 0 Å². The van der Waals surface area contributed by atoms with Gasteiger partial charge in [-0.2, -0.15) is 5.26 Å². The van der Waals surface area contributed by atoms with E-state index in [0.717, 1.165) is 45.3 Å². The smallest absolute Gasteiger partial charge is 0.160 e. The number of benzene rings is 5. The number of fused-ring (bicyclic) bond motifs is 8. The van der Waals surface area contributed by atoms with Gasteiger partial charge >= 0.3 is 0 Å². The highest BCUT2D eigenvalue weighted by atomic mass is 16.5. The maximum atomic E-state index is 9.28. The molecule has 0 radical (unpaired) electrons. The third kappa shape index (κ3) is 3.28. The Hall–Kier alpha value is -5.73. The molecule has 5 nitrogen and oxygen atoms in total. The van der Waals surface area contributed by atoms with Crippen molar-refractivity contribution in [3.63, 3.8) is 0 Å². The highest BCUT2D eigenvalue weighted by molar-refractivity contribution is 5.91. The van der Waals surface area contributed by atoms with E-state index >= 15 is 0 Å². The highest BCUT2D eigenvalue weighted by Gasteiger charge is 2.50. The second kappa shape index (κ2) is 8.90. The first-order valence-electron chi connectivity index (χ1n) is 13.5. The van der Waals surface area contributed by atoms with Gasteiger partial charge in [-0.1, -0.05) is 72.8 Å². The van der Waals surface area contributed by atoms with E-state index in [4.69, 9.17) is 4.74 Å². The van der Waals surface area contributed by atoms with Crippen molar-refractivity contribution >= 4 is 17.1 Å². The van der Waals surface area contributed by atoms with Crippen LogP contribution in [0.25, 0.3) is 11.4 Å². The van der Waals surface area contributed by atoms with Gasteiger partial charge in [0.15, 0.2) is 5.82 Å². The molecule has 0 amide bonds. The summed E-state index contributed by atoms with van der Waals surface area (Å²) >= 11 is 0. The van der Waals surface area contributed by atoms with E-state index in [-0.39, 0.29) is 0 Å². The van der Waals surface area contributed by atoms with Crippen molar-refractivity contribution in [2.75, 3.05) is 4.90 Å². The number of rotatable bonds is 2. The molecule has 41 heavy (non-hydrogen) atoms. The molecule has 1 aromatic heterocycles. The fourth-order valence-electron chi connectivity index (χ4n) is 6.42. The lowest BCUT2D eigenvalue weighted by Crippen LogP contribution is -2.39. The van der Waals surface area contributed by atoms with Crippen LogP contribution in [0.4, 0.5) is 17.1 Å². The van der Waals surface area contributed by atoms with E-state index in [1.54, 1.807) is 12.3 Å². The molecule has 0 fully saturated rings. The van der Waals surface area contributed by atoms with Crippen LogP contribution in [-0.4, -0.2) is 9.97 Å². The molecule has 192 valence electrons. The molecule has 2 aliphatic rings. The molecule has 0 bridgehead atoms. The van der Waals surface area contributed by atoms with Crippen LogP contribution in [0.5, 0.6) is 11.5 Å². The van der Waals surface area contributed by atoms with Crippen molar-refractivity contribution in [3.8, 4) is 29.0 Å². The molecule has 0 N–H and O–H groups in total. The van der Waals surface area contributed by atoms with Crippen LogP contribution in [0.3, 0.4) is 0 Å². The Morgan fingerprint density at radius 3 is 1.73 bits per heavy atom. The fraction of sp³-hybridized carbons (Fsp3) is 0.0278. The third-order valence-electron chi connectivity index (χ3n) is 8.05. The molecule has 0 saturated heterocycles. The highest BCUT2D eigenvalue weighted by Crippen LogP contribution is 2.62. The number of nitrogens with zero attached hydrogens (tertiary/aromatic N) is 4. The molecule has 5 aromatic carbocycles. The molecule has 6 aromatic rings. The van der Waals surface area contributed by atoms with Gasteiger partial charge in [-0.25, -0.2) is 9.97 Å². The average Bonchev–Trinajstić information content (AvgIpc) is 3.05. The van der Waals surface area contributed by atoms with Gasteiger partial charge in [0.25, 0.3) is 0 Å². The molecule has 8 rings (SSSR count). The predicted molar refractivity (Wildman–Crippen MR) is 159 cm³/mol. The standard InChI is InChI=1S/C36H22N4O/c37-23-25-21-22-38-35(39-25)24-17-19-26(20-18-24)40-31-13-5-1-9-27(31)36(28-10-2-6-14-32(28)40)29-11-3-7-15-33(29)41-34-16-8-4-12-30(34)36/h1-22H. The van der Waals surface area contributed by atoms with Crippen LogP contribution in [0, 0.1) is 11.3 Å². The molecular formula is C36H22N4O. The molecule has 0 atom stereocenters. The lowest BCUT2D eigenvalue weighted by atomic mass is 9.61. The van der Waals surface area contributed by atoms with E-state index in [2.05, 4.69) is 118 Å². The van der Waals surface area contributed by atoms with Crippen molar-refractivity contribution in [2.45, 2.75) is 5.41 Å². The number of ether oxygens (including phenoxy) is 1. The van der Waals surface area contributed by atoms with Crippen LogP contribution in [0.1, 0.15) is 27.9 Å². The maximum Gasteiger partial charge on any atom is 0.160 e. The summed E-state index contributed by atoms with van der Waals surface area (Å²) in [7, 11) is 0. The van der Waals surface area contributed by atoms with E-state index in [0.29, 0.717) is 11.5 Å². The monoisotopic (exact) mass is 526 g/mol. The summed E-state index contributed by atoms with van der Waals surface area (Å²) < 4.78 is 6.47. The zero-order valence-corrected chi connectivity index (χ0v) is 21.9. The van der Waals surface area contributed by atoms with Crippen LogP contribution < -0.4 is 9.64 Å². The Kier molecular flexibility index (Phi) is 5.03. The molecule has 1 spiro atoms. The van der Waals surface area contributed by atoms with E-state index in [9.17, 15) is 5.26 Å². The van der Waals surface area contributed by atoms with Gasteiger partial charge in [0.05, 0.1) is 16.8 Å². The normalized spacial score (nSPS) is 13.7. The molecule has 2 aliphatic heterocycles. The SMILES string of the molecule is N#Cc1ccnc(-c2ccc(N3c4ccccc4C4(c5ccccc5Oc5ccccc54)c4ccccc43)cc2)n1. The van der Waals surface area contributed by atoms with Crippen molar-refractivity contribution in [1.82, 2.24) is 9.97 Å². The zero-order valence-electron chi connectivity index (χ0n) is 21.9. The van der Waals surface area contributed by atoms with Gasteiger partial charge in [-0.05, 0) is 65.7 Å². The summed E-state index contributed by atoms with van der Waals surface area (Å²) in [4.78, 5) is 11.1. The van der Waals surface area contributed by atoms with Gasteiger partial charge < -0.3 is 9.64 Å². The Morgan fingerprint density at radius 2 is 1.15 bits per heavy atom. The molecular weight excluding hydrogens is 504 g/mol. The Morgan fingerprint density at radius 1 is 0.610 bits per heavy atom. The minimum absolute atomic E-state index is 0.347.